The summed E-state index contributed by atoms with van der Waals surface area (Å²) in [4.78, 5) is 57.1. The fourth-order valence-electron chi connectivity index (χ4n) is 6.81. The fraction of sp³-hybridized carbons (Fsp3) is 0.629. The summed E-state index contributed by atoms with van der Waals surface area (Å²) in [5.41, 5.74) is 1.68. The van der Waals surface area contributed by atoms with Crippen molar-refractivity contribution >= 4 is 29.2 Å². The molecule has 11 heteroatoms. The van der Waals surface area contributed by atoms with Crippen LogP contribution in [0.1, 0.15) is 106 Å². The molecule has 3 aliphatic rings. The van der Waals surface area contributed by atoms with E-state index in [1.165, 1.54) is 18.4 Å². The minimum Gasteiger partial charge on any atom is -0.364 e. The Morgan fingerprint density at radius 3 is 2.37 bits per heavy atom. The van der Waals surface area contributed by atoms with Gasteiger partial charge in [-0.25, -0.2) is 4.39 Å². The first-order valence-corrected chi connectivity index (χ1v) is 16.9. The van der Waals surface area contributed by atoms with Gasteiger partial charge in [-0.3, -0.25) is 19.2 Å². The predicted molar refractivity (Wildman–Crippen MR) is 172 cm³/mol. The molecule has 3 fully saturated rings. The van der Waals surface area contributed by atoms with Crippen molar-refractivity contribution < 1.29 is 28.1 Å². The van der Waals surface area contributed by atoms with Crippen molar-refractivity contribution in [1.29, 1.82) is 0 Å². The summed E-state index contributed by atoms with van der Waals surface area (Å²) in [6.07, 6.45) is 7.18. The number of nitrogens with zero attached hydrogens (tertiary/aromatic N) is 3. The second-order valence-corrected chi connectivity index (χ2v) is 13.7. The number of nitrogens with one attached hydrogen (secondary N) is 2. The average Bonchev–Trinajstić information content (AvgIpc) is 3.78. The van der Waals surface area contributed by atoms with E-state index >= 15 is 4.39 Å². The lowest BCUT2D eigenvalue weighted by molar-refractivity contribution is -0.138. The molecule has 1 saturated heterocycles. The van der Waals surface area contributed by atoms with Gasteiger partial charge in [-0.2, -0.15) is 0 Å². The molecule has 10 nitrogen and oxygen atoms in total. The van der Waals surface area contributed by atoms with Crippen molar-refractivity contribution in [3.8, 4) is 0 Å². The van der Waals surface area contributed by atoms with Gasteiger partial charge in [-0.15, -0.1) is 0 Å². The highest BCUT2D eigenvalue weighted by Gasteiger charge is 2.37. The molecular formula is C35H48FN5O5. The number of carbonyl (C=O) groups excluding carboxylic acids is 4. The Morgan fingerprint density at radius 1 is 1.04 bits per heavy atom. The number of benzene rings is 1. The van der Waals surface area contributed by atoms with Crippen molar-refractivity contribution in [3.63, 3.8) is 0 Å². The molecule has 0 radical (unpaired) electrons. The monoisotopic (exact) mass is 637 g/mol. The number of amides is 3. The molecule has 1 aromatic heterocycles. The van der Waals surface area contributed by atoms with E-state index in [1.54, 1.807) is 24.8 Å². The fourth-order valence-corrected chi connectivity index (χ4v) is 6.81. The Labute approximate surface area is 270 Å². The summed E-state index contributed by atoms with van der Waals surface area (Å²) in [5.74, 6) is -1.94. The molecule has 250 valence electrons. The molecule has 46 heavy (non-hydrogen) atoms. The zero-order valence-electron chi connectivity index (χ0n) is 27.5. The Morgan fingerprint density at radius 2 is 1.74 bits per heavy atom. The van der Waals surface area contributed by atoms with E-state index in [-0.39, 0.29) is 53.9 Å². The molecule has 2 aliphatic carbocycles. The second kappa shape index (κ2) is 14.9. The van der Waals surface area contributed by atoms with E-state index in [1.807, 2.05) is 7.05 Å². The van der Waals surface area contributed by atoms with E-state index in [2.05, 4.69) is 27.6 Å². The molecule has 1 aromatic carbocycles. The summed E-state index contributed by atoms with van der Waals surface area (Å²) in [6, 6.07) is 3.67. The highest BCUT2D eigenvalue weighted by molar-refractivity contribution is 6.02. The van der Waals surface area contributed by atoms with E-state index in [4.69, 9.17) is 4.52 Å². The van der Waals surface area contributed by atoms with Crippen molar-refractivity contribution in [2.75, 3.05) is 38.5 Å². The number of likely N-dealkylation sites (N-methyl/N-ethyl adjacent to an activating group) is 1. The number of anilines is 1. The van der Waals surface area contributed by atoms with Gasteiger partial charge in [0.2, 0.25) is 17.7 Å². The Kier molecular flexibility index (Phi) is 10.9. The predicted octanol–water partition coefficient (Wildman–Crippen LogP) is 5.12. The zero-order valence-corrected chi connectivity index (χ0v) is 27.5. The van der Waals surface area contributed by atoms with Crippen LogP contribution in [0.2, 0.25) is 0 Å². The summed E-state index contributed by atoms with van der Waals surface area (Å²) in [5, 5.41) is 9.69. The van der Waals surface area contributed by atoms with Gasteiger partial charge in [-0.1, -0.05) is 44.8 Å². The normalized spacial score (nSPS) is 22.5. The van der Waals surface area contributed by atoms with Gasteiger partial charge in [0.1, 0.15) is 18.1 Å². The molecule has 0 bridgehead atoms. The van der Waals surface area contributed by atoms with Crippen LogP contribution in [0, 0.1) is 23.6 Å². The standard InChI is InChI=1S/C35H48FN5O5/c1-5-31(43)38-32(35(45)41-16-14-40(4)15-17-41)22(3)25-12-13-29(28(36)18-25)37-34(44)26(23-8-6-21(2)7-9-23)19-30(42)27-20-46-39-33(27)24-10-11-24/h12-13,18,20-24,26,32H,5-11,14-17,19H2,1-4H3,(H,37,44)(H,38,43)/t21?,22-,23?,26-,32+/m0/s1. The van der Waals surface area contributed by atoms with Crippen LogP contribution < -0.4 is 10.6 Å². The van der Waals surface area contributed by atoms with Crippen molar-refractivity contribution in [2.24, 2.45) is 17.8 Å². The van der Waals surface area contributed by atoms with Gasteiger partial charge in [0.05, 0.1) is 16.9 Å². The van der Waals surface area contributed by atoms with Crippen LogP contribution in [0.25, 0.3) is 0 Å². The van der Waals surface area contributed by atoms with Crippen LogP contribution in [0.3, 0.4) is 0 Å². The van der Waals surface area contributed by atoms with E-state index in [9.17, 15) is 19.2 Å². The van der Waals surface area contributed by atoms with Crippen LogP contribution in [-0.2, 0) is 14.4 Å². The zero-order chi connectivity index (χ0) is 33.0. The van der Waals surface area contributed by atoms with E-state index in [0.29, 0.717) is 35.8 Å². The van der Waals surface area contributed by atoms with Crippen LogP contribution in [0.15, 0.2) is 29.0 Å². The van der Waals surface area contributed by atoms with Crippen LogP contribution in [0.5, 0.6) is 0 Å². The molecular weight excluding hydrogens is 589 g/mol. The van der Waals surface area contributed by atoms with Crippen molar-refractivity contribution in [2.45, 2.75) is 90.0 Å². The minimum absolute atomic E-state index is 0.00950. The number of rotatable bonds is 12. The quantitative estimate of drug-likeness (QED) is 0.310. The first-order chi connectivity index (χ1) is 22.0. The van der Waals surface area contributed by atoms with E-state index in [0.717, 1.165) is 51.6 Å². The van der Waals surface area contributed by atoms with Crippen molar-refractivity contribution in [1.82, 2.24) is 20.3 Å². The largest absolute Gasteiger partial charge is 0.364 e. The Hall–Kier alpha value is -3.60. The molecule has 2 aromatic rings. The molecule has 1 aliphatic heterocycles. The first kappa shape index (κ1) is 33.8. The molecule has 2 heterocycles. The maximum absolute atomic E-state index is 15.7. The molecule has 3 atom stereocenters. The number of hydrogen-bond donors (Lipinski definition) is 2. The highest BCUT2D eigenvalue weighted by Crippen LogP contribution is 2.42. The number of halogens is 1. The molecule has 3 amide bonds. The summed E-state index contributed by atoms with van der Waals surface area (Å²) in [7, 11) is 2.00. The van der Waals surface area contributed by atoms with Gasteiger partial charge in [-0.05, 0) is 62.3 Å². The van der Waals surface area contributed by atoms with Crippen LogP contribution in [-0.4, -0.2) is 77.7 Å². The third kappa shape index (κ3) is 8.03. The Balaban J connectivity index is 1.31. The molecule has 2 saturated carbocycles. The van der Waals surface area contributed by atoms with Gasteiger partial charge in [0.15, 0.2) is 5.78 Å². The maximum atomic E-state index is 15.7. The lowest BCUT2D eigenvalue weighted by atomic mass is 9.74. The summed E-state index contributed by atoms with van der Waals surface area (Å²) < 4.78 is 20.8. The number of piperazine rings is 1. The van der Waals surface area contributed by atoms with Gasteiger partial charge >= 0.3 is 0 Å². The average molecular weight is 638 g/mol. The van der Waals surface area contributed by atoms with Gasteiger partial charge in [0, 0.05) is 56.8 Å². The SMILES string of the molecule is CCC(=O)N[C@@H](C(=O)N1CCN(C)CC1)[C@@H](C)c1ccc(NC(=O)[C@@H](CC(=O)c2conc2C2CC2)C2CCC(C)CC2)c(F)c1. The van der Waals surface area contributed by atoms with Crippen molar-refractivity contribution in [3.05, 3.63) is 47.1 Å². The first-order valence-electron chi connectivity index (χ1n) is 16.9. The molecule has 0 unspecified atom stereocenters. The molecule has 5 rings (SSSR count). The number of hydrogen-bond acceptors (Lipinski definition) is 7. The second-order valence-electron chi connectivity index (χ2n) is 13.7. The van der Waals surface area contributed by atoms with Crippen LogP contribution in [0.4, 0.5) is 10.1 Å². The topological polar surface area (TPSA) is 125 Å². The third-order valence-electron chi connectivity index (χ3n) is 10.2. The highest BCUT2D eigenvalue weighted by atomic mass is 19.1. The van der Waals surface area contributed by atoms with E-state index < -0.39 is 23.7 Å². The number of ketones is 1. The maximum Gasteiger partial charge on any atom is 0.245 e. The summed E-state index contributed by atoms with van der Waals surface area (Å²) >= 11 is 0. The lowest BCUT2D eigenvalue weighted by Gasteiger charge is -2.36. The third-order valence-corrected chi connectivity index (χ3v) is 10.2. The number of Topliss-reactive ketones (excluding diaryl/α,β-unsaturated/α-hetero) is 1. The number of aromatic nitrogens is 1. The molecule has 0 spiro atoms. The lowest BCUT2D eigenvalue weighted by Crippen LogP contribution is -2.55. The van der Waals surface area contributed by atoms with Crippen LogP contribution >= 0.6 is 0 Å². The van der Waals surface area contributed by atoms with Gasteiger partial charge < -0.3 is 25.0 Å². The smallest absolute Gasteiger partial charge is 0.245 e. The van der Waals surface area contributed by atoms with Gasteiger partial charge in [0.25, 0.3) is 0 Å². The summed E-state index contributed by atoms with van der Waals surface area (Å²) in [6.45, 7) is 8.32. The molecule has 2 N–H and O–H groups in total. The number of carbonyl (C=O) groups is 4. The Bertz CT molecular complexity index is 1410. The minimum atomic E-state index is -0.849.